The highest BCUT2D eigenvalue weighted by Crippen LogP contribution is 2.38. The van der Waals surface area contributed by atoms with E-state index in [2.05, 4.69) is 44.8 Å². The van der Waals surface area contributed by atoms with Gasteiger partial charge in [-0.05, 0) is 43.2 Å². The van der Waals surface area contributed by atoms with Crippen LogP contribution in [0.5, 0.6) is 0 Å². The van der Waals surface area contributed by atoms with Gasteiger partial charge >= 0.3 is 0 Å². The molecule has 1 saturated carbocycles. The van der Waals surface area contributed by atoms with Gasteiger partial charge in [0.25, 0.3) is 0 Å². The third-order valence-electron chi connectivity index (χ3n) is 4.99. The van der Waals surface area contributed by atoms with Crippen molar-refractivity contribution in [2.24, 2.45) is 17.3 Å². The zero-order valence-corrected chi connectivity index (χ0v) is 14.7. The molecule has 0 bridgehead atoms. The molecule has 0 radical (unpaired) electrons. The number of nitrogens with one attached hydrogen (secondary N) is 1. The highest BCUT2D eigenvalue weighted by molar-refractivity contribution is 4.89. The average Bonchev–Trinajstić information content (AvgIpc) is 2.86. The fourth-order valence-corrected chi connectivity index (χ4v) is 3.49. The smallest absolute Gasteiger partial charge is 0.00501 e. The molecule has 1 aliphatic carbocycles. The molecule has 120 valence electrons. The van der Waals surface area contributed by atoms with Crippen molar-refractivity contribution >= 4 is 0 Å². The van der Waals surface area contributed by atoms with E-state index in [0.717, 1.165) is 11.8 Å². The summed E-state index contributed by atoms with van der Waals surface area (Å²) in [5, 5.41) is 3.74. The first-order valence-corrected chi connectivity index (χ1v) is 8.94. The fraction of sp³-hybridized carbons (Fsp3) is 1.00. The summed E-state index contributed by atoms with van der Waals surface area (Å²) in [4.78, 5) is 2.70. The van der Waals surface area contributed by atoms with Crippen LogP contribution in [0.25, 0.3) is 0 Å². The Bertz CT molecular complexity index is 244. The molecule has 0 amide bonds. The summed E-state index contributed by atoms with van der Waals surface area (Å²) in [7, 11) is 0. The molecular weight excluding hydrogens is 244 g/mol. The largest absolute Gasteiger partial charge is 0.316 e. The lowest BCUT2D eigenvalue weighted by Crippen LogP contribution is -2.44. The zero-order valence-electron chi connectivity index (χ0n) is 14.7. The first kappa shape index (κ1) is 18.0. The van der Waals surface area contributed by atoms with Crippen molar-refractivity contribution in [3.8, 4) is 0 Å². The van der Waals surface area contributed by atoms with Gasteiger partial charge in [-0.2, -0.15) is 0 Å². The molecule has 0 aliphatic heterocycles. The third kappa shape index (κ3) is 6.13. The average molecular weight is 283 g/mol. The van der Waals surface area contributed by atoms with Gasteiger partial charge < -0.3 is 10.2 Å². The summed E-state index contributed by atoms with van der Waals surface area (Å²) in [5.74, 6) is 1.59. The standard InChI is InChI=1S/C18H38N2/c1-6-17(5)13-20(7-2)15-18(10-8-9-11-18)14-19-12-16(3)4/h16-17,19H,6-15H2,1-5H3. The van der Waals surface area contributed by atoms with Gasteiger partial charge in [0.1, 0.15) is 0 Å². The fourth-order valence-electron chi connectivity index (χ4n) is 3.49. The minimum atomic E-state index is 0.554. The Morgan fingerprint density at radius 2 is 1.75 bits per heavy atom. The molecule has 0 aromatic rings. The van der Waals surface area contributed by atoms with Crippen molar-refractivity contribution in [2.75, 3.05) is 32.7 Å². The Labute approximate surface area is 127 Å². The van der Waals surface area contributed by atoms with Gasteiger partial charge in [0.2, 0.25) is 0 Å². The van der Waals surface area contributed by atoms with Gasteiger partial charge in [-0.15, -0.1) is 0 Å². The van der Waals surface area contributed by atoms with E-state index in [1.807, 2.05) is 0 Å². The van der Waals surface area contributed by atoms with E-state index in [0.29, 0.717) is 5.41 Å². The van der Waals surface area contributed by atoms with Crippen LogP contribution in [0.15, 0.2) is 0 Å². The summed E-state index contributed by atoms with van der Waals surface area (Å²) < 4.78 is 0. The maximum absolute atomic E-state index is 3.74. The maximum Gasteiger partial charge on any atom is 0.00501 e. The van der Waals surface area contributed by atoms with E-state index >= 15 is 0 Å². The van der Waals surface area contributed by atoms with Crippen molar-refractivity contribution in [3.05, 3.63) is 0 Å². The van der Waals surface area contributed by atoms with Crippen LogP contribution in [-0.4, -0.2) is 37.6 Å². The predicted octanol–water partition coefficient (Wildman–Crippen LogP) is 4.16. The molecule has 0 heterocycles. The highest BCUT2D eigenvalue weighted by atomic mass is 15.1. The SMILES string of the molecule is CCC(C)CN(CC)CC1(CNCC(C)C)CCCC1. The molecule has 1 rings (SSSR count). The third-order valence-corrected chi connectivity index (χ3v) is 4.99. The second-order valence-corrected chi connectivity index (χ2v) is 7.57. The van der Waals surface area contributed by atoms with Crippen LogP contribution >= 0.6 is 0 Å². The molecule has 1 fully saturated rings. The normalized spacial score (nSPS) is 19.9. The van der Waals surface area contributed by atoms with E-state index in [9.17, 15) is 0 Å². The minimum absolute atomic E-state index is 0.554. The number of rotatable bonds is 10. The number of nitrogens with zero attached hydrogens (tertiary/aromatic N) is 1. The molecule has 1 atom stereocenters. The van der Waals surface area contributed by atoms with Gasteiger partial charge in [0.15, 0.2) is 0 Å². The van der Waals surface area contributed by atoms with Gasteiger partial charge in [-0.25, -0.2) is 0 Å². The summed E-state index contributed by atoms with van der Waals surface area (Å²) in [6.07, 6.45) is 7.02. The second-order valence-electron chi connectivity index (χ2n) is 7.57. The molecule has 0 aromatic heterocycles. The van der Waals surface area contributed by atoms with Crippen LogP contribution in [0.3, 0.4) is 0 Å². The molecule has 0 spiro atoms. The molecule has 1 N–H and O–H groups in total. The van der Waals surface area contributed by atoms with E-state index < -0.39 is 0 Å². The second kappa shape index (κ2) is 9.04. The van der Waals surface area contributed by atoms with E-state index in [-0.39, 0.29) is 0 Å². The lowest BCUT2D eigenvalue weighted by atomic mass is 9.85. The quantitative estimate of drug-likeness (QED) is 0.647. The van der Waals surface area contributed by atoms with E-state index in [1.165, 1.54) is 64.8 Å². The lowest BCUT2D eigenvalue weighted by Gasteiger charge is -2.36. The van der Waals surface area contributed by atoms with E-state index in [1.54, 1.807) is 0 Å². The first-order chi connectivity index (χ1) is 9.51. The summed E-state index contributed by atoms with van der Waals surface area (Å²) in [6.45, 7) is 17.8. The van der Waals surface area contributed by atoms with E-state index in [4.69, 9.17) is 0 Å². The Morgan fingerprint density at radius 1 is 1.10 bits per heavy atom. The minimum Gasteiger partial charge on any atom is -0.316 e. The van der Waals surface area contributed by atoms with Crippen LogP contribution < -0.4 is 5.32 Å². The zero-order chi connectivity index (χ0) is 15.0. The van der Waals surface area contributed by atoms with Crippen molar-refractivity contribution in [1.82, 2.24) is 10.2 Å². The Morgan fingerprint density at radius 3 is 2.25 bits per heavy atom. The van der Waals surface area contributed by atoms with Crippen molar-refractivity contribution in [1.29, 1.82) is 0 Å². The molecule has 2 heteroatoms. The summed E-state index contributed by atoms with van der Waals surface area (Å²) in [6, 6.07) is 0. The van der Waals surface area contributed by atoms with Crippen molar-refractivity contribution in [3.63, 3.8) is 0 Å². The molecule has 2 nitrogen and oxygen atoms in total. The van der Waals surface area contributed by atoms with Gasteiger partial charge in [-0.1, -0.05) is 53.9 Å². The summed E-state index contributed by atoms with van der Waals surface area (Å²) in [5.41, 5.74) is 0.554. The van der Waals surface area contributed by atoms with Gasteiger partial charge in [0, 0.05) is 19.6 Å². The highest BCUT2D eigenvalue weighted by Gasteiger charge is 2.35. The first-order valence-electron chi connectivity index (χ1n) is 8.94. The Balaban J connectivity index is 2.51. The molecule has 0 aromatic carbocycles. The molecule has 1 aliphatic rings. The van der Waals surface area contributed by atoms with Gasteiger partial charge in [0.05, 0.1) is 0 Å². The van der Waals surface area contributed by atoms with Crippen LogP contribution in [0.4, 0.5) is 0 Å². The van der Waals surface area contributed by atoms with Crippen molar-refractivity contribution < 1.29 is 0 Å². The monoisotopic (exact) mass is 282 g/mol. The molecule has 20 heavy (non-hydrogen) atoms. The molecule has 1 unspecified atom stereocenters. The Hall–Kier alpha value is -0.0800. The van der Waals surface area contributed by atoms with Crippen LogP contribution in [0, 0.1) is 17.3 Å². The van der Waals surface area contributed by atoms with Crippen molar-refractivity contribution in [2.45, 2.75) is 66.7 Å². The predicted molar refractivity (Wildman–Crippen MR) is 90.2 cm³/mol. The van der Waals surface area contributed by atoms with Crippen LogP contribution in [0.1, 0.15) is 66.7 Å². The maximum atomic E-state index is 3.74. The summed E-state index contributed by atoms with van der Waals surface area (Å²) >= 11 is 0. The molecular formula is C18H38N2. The van der Waals surface area contributed by atoms with Crippen LogP contribution in [0.2, 0.25) is 0 Å². The molecule has 0 saturated heterocycles. The number of hydrogen-bond acceptors (Lipinski definition) is 2. The topological polar surface area (TPSA) is 15.3 Å². The van der Waals surface area contributed by atoms with Crippen LogP contribution in [-0.2, 0) is 0 Å². The van der Waals surface area contributed by atoms with Gasteiger partial charge in [-0.3, -0.25) is 0 Å². The Kier molecular flexibility index (Phi) is 8.13. The lowest BCUT2D eigenvalue weighted by molar-refractivity contribution is 0.137. The number of hydrogen-bond donors (Lipinski definition) is 1.